The summed E-state index contributed by atoms with van der Waals surface area (Å²) in [7, 11) is 3.78. The molecule has 4 nitrogen and oxygen atoms in total. The van der Waals surface area contributed by atoms with E-state index in [4.69, 9.17) is 4.74 Å². The Balaban J connectivity index is 2.21. The highest BCUT2D eigenvalue weighted by molar-refractivity contribution is 5.71. The van der Waals surface area contributed by atoms with Gasteiger partial charge in [0.25, 0.3) is 0 Å². The maximum atomic E-state index is 12.1. The van der Waals surface area contributed by atoms with Crippen molar-refractivity contribution in [2.45, 2.75) is 135 Å². The van der Waals surface area contributed by atoms with Gasteiger partial charge in [-0.25, -0.2) is 0 Å². The standard InChI is InChI=1S/C31H56N2O2/c1-5-7-8-9-10-11-12-13-14-15-16-17-18-19-23-26-29(28-24-21-20-22-25-28)32-30(6-2)35-31(34)27-33(3)4/h20-22,24-25,29-30,32H,5-19,23,26-27H2,1-4H3. The predicted octanol–water partition coefficient (Wildman–Crippen LogP) is 8.42. The van der Waals surface area contributed by atoms with Gasteiger partial charge in [0.15, 0.2) is 6.23 Å². The van der Waals surface area contributed by atoms with Crippen molar-refractivity contribution in [2.75, 3.05) is 20.6 Å². The molecule has 0 aliphatic carbocycles. The van der Waals surface area contributed by atoms with Crippen molar-refractivity contribution in [1.82, 2.24) is 10.2 Å². The monoisotopic (exact) mass is 488 g/mol. The number of rotatable bonds is 23. The van der Waals surface area contributed by atoms with Crippen molar-refractivity contribution in [3.8, 4) is 0 Å². The molecule has 0 heterocycles. The van der Waals surface area contributed by atoms with Crippen LogP contribution in [0.4, 0.5) is 0 Å². The van der Waals surface area contributed by atoms with Gasteiger partial charge in [-0.05, 0) is 32.5 Å². The van der Waals surface area contributed by atoms with Gasteiger partial charge in [-0.15, -0.1) is 0 Å². The molecule has 0 saturated heterocycles. The zero-order valence-corrected chi connectivity index (χ0v) is 23.5. The Morgan fingerprint density at radius 2 is 1.26 bits per heavy atom. The van der Waals surface area contributed by atoms with E-state index in [1.165, 1.54) is 102 Å². The van der Waals surface area contributed by atoms with Crippen LogP contribution < -0.4 is 5.32 Å². The quantitative estimate of drug-likeness (QED) is 0.0953. The Hall–Kier alpha value is -1.39. The van der Waals surface area contributed by atoms with Crippen molar-refractivity contribution in [3.63, 3.8) is 0 Å². The molecule has 0 spiro atoms. The second-order valence-electron chi connectivity index (χ2n) is 10.5. The molecule has 0 saturated carbocycles. The summed E-state index contributed by atoms with van der Waals surface area (Å²) in [6.07, 6.45) is 22.3. The average Bonchev–Trinajstić information content (AvgIpc) is 2.85. The van der Waals surface area contributed by atoms with Crippen molar-refractivity contribution in [2.24, 2.45) is 0 Å². The van der Waals surface area contributed by atoms with Gasteiger partial charge >= 0.3 is 5.97 Å². The largest absolute Gasteiger partial charge is 0.446 e. The summed E-state index contributed by atoms with van der Waals surface area (Å²) in [4.78, 5) is 14.0. The number of hydrogen-bond donors (Lipinski definition) is 1. The van der Waals surface area contributed by atoms with Crippen LogP contribution in [0.15, 0.2) is 30.3 Å². The van der Waals surface area contributed by atoms with E-state index < -0.39 is 0 Å². The summed E-state index contributed by atoms with van der Waals surface area (Å²) in [5.41, 5.74) is 1.28. The fourth-order valence-corrected chi connectivity index (χ4v) is 4.67. The highest BCUT2D eigenvalue weighted by atomic mass is 16.6. The summed E-state index contributed by atoms with van der Waals surface area (Å²) in [5, 5.41) is 3.61. The van der Waals surface area contributed by atoms with Gasteiger partial charge in [-0.2, -0.15) is 0 Å². The van der Waals surface area contributed by atoms with Crippen molar-refractivity contribution >= 4 is 5.97 Å². The lowest BCUT2D eigenvalue weighted by Gasteiger charge is -2.26. The Labute approximate surface area is 217 Å². The van der Waals surface area contributed by atoms with Gasteiger partial charge in [-0.1, -0.05) is 140 Å². The molecule has 0 bridgehead atoms. The topological polar surface area (TPSA) is 41.6 Å². The fraction of sp³-hybridized carbons (Fsp3) is 0.774. The number of benzene rings is 1. The number of nitrogens with zero attached hydrogens (tertiary/aromatic N) is 1. The Kier molecular flexibility index (Phi) is 19.8. The van der Waals surface area contributed by atoms with Crippen LogP contribution in [0.3, 0.4) is 0 Å². The molecule has 0 radical (unpaired) electrons. The summed E-state index contributed by atoms with van der Waals surface area (Å²) in [6.45, 7) is 4.67. The molecule has 0 fully saturated rings. The maximum absolute atomic E-state index is 12.1. The molecule has 0 aliphatic rings. The van der Waals surface area contributed by atoms with Crippen LogP contribution in [0.1, 0.15) is 135 Å². The molecular formula is C31H56N2O2. The number of hydrogen-bond acceptors (Lipinski definition) is 4. The maximum Gasteiger partial charge on any atom is 0.321 e. The van der Waals surface area contributed by atoms with Gasteiger partial charge < -0.3 is 4.74 Å². The third kappa shape index (κ3) is 17.6. The third-order valence-corrected chi connectivity index (χ3v) is 6.78. The lowest BCUT2D eigenvalue weighted by atomic mass is 9.99. The lowest BCUT2D eigenvalue weighted by molar-refractivity contribution is -0.152. The molecular weight excluding hydrogens is 432 g/mol. The first kappa shape index (κ1) is 31.6. The third-order valence-electron chi connectivity index (χ3n) is 6.78. The minimum atomic E-state index is -0.246. The number of unbranched alkanes of at least 4 members (excludes halogenated alkanes) is 14. The minimum Gasteiger partial charge on any atom is -0.446 e. The summed E-state index contributed by atoms with van der Waals surface area (Å²) < 4.78 is 5.70. The van der Waals surface area contributed by atoms with Crippen molar-refractivity contribution < 1.29 is 9.53 Å². The minimum absolute atomic E-state index is 0.173. The molecule has 202 valence electrons. The second-order valence-corrected chi connectivity index (χ2v) is 10.5. The van der Waals surface area contributed by atoms with Crippen molar-refractivity contribution in [1.29, 1.82) is 0 Å². The Bertz CT molecular complexity index is 605. The highest BCUT2D eigenvalue weighted by Crippen LogP contribution is 2.22. The number of nitrogens with one attached hydrogen (secondary N) is 1. The summed E-state index contributed by atoms with van der Waals surface area (Å²) >= 11 is 0. The molecule has 1 aromatic carbocycles. The van der Waals surface area contributed by atoms with Crippen LogP contribution in [-0.2, 0) is 9.53 Å². The summed E-state index contributed by atoms with van der Waals surface area (Å²) in [6, 6.07) is 10.8. The van der Waals surface area contributed by atoms with Gasteiger partial charge in [0.1, 0.15) is 0 Å². The fourth-order valence-electron chi connectivity index (χ4n) is 4.67. The van der Waals surface area contributed by atoms with Gasteiger partial charge in [0.2, 0.25) is 0 Å². The molecule has 1 rings (SSSR count). The SMILES string of the molecule is CCCCCCCCCCCCCCCCCC(NC(CC)OC(=O)CN(C)C)c1ccccc1. The van der Waals surface area contributed by atoms with Gasteiger partial charge in [0, 0.05) is 6.04 Å². The first-order valence-electron chi connectivity index (χ1n) is 14.7. The molecule has 35 heavy (non-hydrogen) atoms. The number of likely N-dealkylation sites (N-methyl/N-ethyl adjacent to an activating group) is 1. The molecule has 4 heteroatoms. The molecule has 1 aromatic rings. The smallest absolute Gasteiger partial charge is 0.321 e. The predicted molar refractivity (Wildman–Crippen MR) is 151 cm³/mol. The van der Waals surface area contributed by atoms with Crippen molar-refractivity contribution in [3.05, 3.63) is 35.9 Å². The number of carbonyl (C=O) groups excluding carboxylic acids is 1. The lowest BCUT2D eigenvalue weighted by Crippen LogP contribution is -2.38. The van der Waals surface area contributed by atoms with Crippen LogP contribution >= 0.6 is 0 Å². The molecule has 2 unspecified atom stereocenters. The van der Waals surface area contributed by atoms with Gasteiger partial charge in [0.05, 0.1) is 6.54 Å². The highest BCUT2D eigenvalue weighted by Gasteiger charge is 2.19. The average molecular weight is 489 g/mol. The van der Waals surface area contributed by atoms with E-state index in [1.807, 2.05) is 19.0 Å². The molecule has 0 aliphatic heterocycles. The van der Waals surface area contributed by atoms with Gasteiger partial charge in [-0.3, -0.25) is 15.0 Å². The molecule has 0 amide bonds. The van der Waals surface area contributed by atoms with Crippen LogP contribution in [0.5, 0.6) is 0 Å². The van der Waals surface area contributed by atoms with Crippen LogP contribution in [0.2, 0.25) is 0 Å². The number of esters is 1. The zero-order chi connectivity index (χ0) is 25.6. The van der Waals surface area contributed by atoms with Crippen LogP contribution in [-0.4, -0.2) is 37.7 Å². The Morgan fingerprint density at radius 3 is 1.71 bits per heavy atom. The van der Waals surface area contributed by atoms with E-state index in [1.54, 1.807) is 0 Å². The molecule has 0 aromatic heterocycles. The second kappa shape index (κ2) is 21.9. The van der Waals surface area contributed by atoms with E-state index in [9.17, 15) is 4.79 Å². The first-order chi connectivity index (χ1) is 17.1. The first-order valence-corrected chi connectivity index (χ1v) is 14.7. The van der Waals surface area contributed by atoms with E-state index in [2.05, 4.69) is 49.5 Å². The summed E-state index contributed by atoms with van der Waals surface area (Å²) in [5.74, 6) is -0.173. The van der Waals surface area contributed by atoms with Crippen LogP contribution in [0.25, 0.3) is 0 Å². The van der Waals surface area contributed by atoms with E-state index >= 15 is 0 Å². The molecule has 2 atom stereocenters. The zero-order valence-electron chi connectivity index (χ0n) is 23.5. The van der Waals surface area contributed by atoms with E-state index in [0.717, 1.165) is 12.8 Å². The Morgan fingerprint density at radius 1 is 0.771 bits per heavy atom. The molecule has 1 N–H and O–H groups in total. The number of ether oxygens (including phenoxy) is 1. The van der Waals surface area contributed by atoms with Crippen LogP contribution in [0, 0.1) is 0 Å². The normalized spacial score (nSPS) is 13.2. The van der Waals surface area contributed by atoms with E-state index in [0.29, 0.717) is 6.54 Å². The van der Waals surface area contributed by atoms with E-state index in [-0.39, 0.29) is 18.2 Å². The number of carbonyl (C=O) groups is 1.